The Morgan fingerprint density at radius 3 is 2.35 bits per heavy atom. The number of benzene rings is 1. The van der Waals surface area contributed by atoms with Gasteiger partial charge in [-0.15, -0.1) is 0 Å². The standard InChI is InChI=1S/C16H17N/c1-9-5-6-10(2)15-13(9)7-14-12(4)11(3)8-17-16(14)15/h5-6,8H,7H2,1-4H3. The largest absolute Gasteiger partial charge is 0.256 e. The zero-order chi connectivity index (χ0) is 12.2. The summed E-state index contributed by atoms with van der Waals surface area (Å²) in [6, 6.07) is 4.43. The average Bonchev–Trinajstić information content (AvgIpc) is 2.70. The highest BCUT2D eigenvalue weighted by Gasteiger charge is 2.24. The highest BCUT2D eigenvalue weighted by Crippen LogP contribution is 2.40. The molecule has 0 spiro atoms. The van der Waals surface area contributed by atoms with Gasteiger partial charge in [-0.25, -0.2) is 0 Å². The summed E-state index contributed by atoms with van der Waals surface area (Å²) in [4.78, 5) is 4.66. The van der Waals surface area contributed by atoms with Gasteiger partial charge in [0.1, 0.15) is 0 Å². The van der Waals surface area contributed by atoms with Crippen LogP contribution in [0, 0.1) is 27.7 Å². The fourth-order valence-corrected chi connectivity index (χ4v) is 2.79. The highest BCUT2D eigenvalue weighted by molar-refractivity contribution is 5.78. The summed E-state index contributed by atoms with van der Waals surface area (Å²) in [6.45, 7) is 8.74. The smallest absolute Gasteiger partial charge is 0.0745 e. The van der Waals surface area contributed by atoms with Crippen molar-refractivity contribution >= 4 is 0 Å². The van der Waals surface area contributed by atoms with Crippen molar-refractivity contribution in [3.63, 3.8) is 0 Å². The monoisotopic (exact) mass is 223 g/mol. The lowest BCUT2D eigenvalue weighted by molar-refractivity contribution is 1.13. The van der Waals surface area contributed by atoms with Crippen molar-refractivity contribution in [1.82, 2.24) is 4.98 Å². The minimum Gasteiger partial charge on any atom is -0.256 e. The molecule has 3 rings (SSSR count). The van der Waals surface area contributed by atoms with Crippen LogP contribution in [0.4, 0.5) is 0 Å². The van der Waals surface area contributed by atoms with Gasteiger partial charge in [-0.1, -0.05) is 12.1 Å². The van der Waals surface area contributed by atoms with Gasteiger partial charge in [0.25, 0.3) is 0 Å². The van der Waals surface area contributed by atoms with E-state index in [2.05, 4.69) is 44.8 Å². The topological polar surface area (TPSA) is 12.9 Å². The fourth-order valence-electron chi connectivity index (χ4n) is 2.79. The number of hydrogen-bond acceptors (Lipinski definition) is 1. The van der Waals surface area contributed by atoms with Gasteiger partial charge in [-0.05, 0) is 61.1 Å². The molecule has 0 aliphatic heterocycles. The predicted molar refractivity (Wildman–Crippen MR) is 71.4 cm³/mol. The molecule has 1 aliphatic carbocycles. The number of aryl methyl sites for hydroxylation is 3. The van der Waals surface area contributed by atoms with Crippen molar-refractivity contribution in [2.75, 3.05) is 0 Å². The normalized spacial score (nSPS) is 12.5. The van der Waals surface area contributed by atoms with Gasteiger partial charge >= 0.3 is 0 Å². The van der Waals surface area contributed by atoms with Crippen LogP contribution in [-0.4, -0.2) is 4.98 Å². The molecule has 1 nitrogen and oxygen atoms in total. The Balaban J connectivity index is 2.36. The van der Waals surface area contributed by atoms with Gasteiger partial charge in [0.15, 0.2) is 0 Å². The van der Waals surface area contributed by atoms with Crippen LogP contribution in [0.5, 0.6) is 0 Å². The molecule has 1 heterocycles. The Kier molecular flexibility index (Phi) is 2.12. The second-order valence-electron chi connectivity index (χ2n) is 5.12. The summed E-state index contributed by atoms with van der Waals surface area (Å²) in [6.07, 6.45) is 3.06. The van der Waals surface area contributed by atoms with Crippen LogP contribution < -0.4 is 0 Å². The molecule has 0 N–H and O–H groups in total. The molecule has 0 radical (unpaired) electrons. The SMILES string of the molecule is Cc1cnc2c(c1C)Cc1c(C)ccc(C)c1-2. The minimum absolute atomic E-state index is 1.05. The van der Waals surface area contributed by atoms with Crippen LogP contribution in [0.25, 0.3) is 11.3 Å². The van der Waals surface area contributed by atoms with Crippen LogP contribution >= 0.6 is 0 Å². The maximum Gasteiger partial charge on any atom is 0.0745 e. The minimum atomic E-state index is 1.05. The molecular formula is C16H17N. The van der Waals surface area contributed by atoms with E-state index in [9.17, 15) is 0 Å². The molecule has 0 saturated carbocycles. The van der Waals surface area contributed by atoms with E-state index < -0.39 is 0 Å². The van der Waals surface area contributed by atoms with Crippen molar-refractivity contribution < 1.29 is 0 Å². The van der Waals surface area contributed by atoms with Crippen LogP contribution in [-0.2, 0) is 6.42 Å². The average molecular weight is 223 g/mol. The molecule has 0 unspecified atom stereocenters. The van der Waals surface area contributed by atoms with E-state index in [4.69, 9.17) is 0 Å². The molecule has 0 saturated heterocycles. The summed E-state index contributed by atoms with van der Waals surface area (Å²) in [5.41, 5.74) is 10.9. The van der Waals surface area contributed by atoms with E-state index in [0.29, 0.717) is 0 Å². The predicted octanol–water partition coefficient (Wildman–Crippen LogP) is 3.89. The van der Waals surface area contributed by atoms with Crippen molar-refractivity contribution in [3.05, 3.63) is 51.7 Å². The quantitative estimate of drug-likeness (QED) is 0.563. The van der Waals surface area contributed by atoms with Crippen molar-refractivity contribution in [2.24, 2.45) is 0 Å². The molecule has 0 amide bonds. The first kappa shape index (κ1) is 10.5. The zero-order valence-electron chi connectivity index (χ0n) is 10.9. The Labute approximate surface area is 103 Å². The van der Waals surface area contributed by atoms with E-state index >= 15 is 0 Å². The van der Waals surface area contributed by atoms with Gasteiger partial charge in [-0.3, -0.25) is 4.98 Å². The summed E-state index contributed by atoms with van der Waals surface area (Å²) in [5, 5.41) is 0. The molecule has 1 heteroatoms. The second-order valence-corrected chi connectivity index (χ2v) is 5.12. The van der Waals surface area contributed by atoms with E-state index in [0.717, 1.165) is 6.42 Å². The van der Waals surface area contributed by atoms with Gasteiger partial charge in [0, 0.05) is 18.2 Å². The number of pyridine rings is 1. The summed E-state index contributed by atoms with van der Waals surface area (Å²) in [7, 11) is 0. The van der Waals surface area contributed by atoms with Crippen molar-refractivity contribution in [2.45, 2.75) is 34.1 Å². The third kappa shape index (κ3) is 1.35. The summed E-state index contributed by atoms with van der Waals surface area (Å²) in [5.74, 6) is 0. The lowest BCUT2D eigenvalue weighted by Crippen LogP contribution is -1.93. The molecule has 86 valence electrons. The lowest BCUT2D eigenvalue weighted by Gasteiger charge is -2.08. The highest BCUT2D eigenvalue weighted by atomic mass is 14.7. The molecule has 0 bridgehead atoms. The Bertz CT molecular complexity index is 624. The number of nitrogens with zero attached hydrogens (tertiary/aromatic N) is 1. The van der Waals surface area contributed by atoms with E-state index in [1.165, 1.54) is 44.6 Å². The number of hydrogen-bond donors (Lipinski definition) is 0. The molecule has 1 aromatic carbocycles. The van der Waals surface area contributed by atoms with Crippen molar-refractivity contribution in [3.8, 4) is 11.3 Å². The van der Waals surface area contributed by atoms with E-state index in [1.54, 1.807) is 0 Å². The van der Waals surface area contributed by atoms with E-state index in [1.807, 2.05) is 6.20 Å². The lowest BCUT2D eigenvalue weighted by atomic mass is 9.99. The van der Waals surface area contributed by atoms with Crippen LogP contribution in [0.15, 0.2) is 18.3 Å². The Hall–Kier alpha value is -1.63. The molecule has 0 atom stereocenters. The molecule has 17 heavy (non-hydrogen) atoms. The van der Waals surface area contributed by atoms with Gasteiger partial charge in [0.2, 0.25) is 0 Å². The Morgan fingerprint density at radius 2 is 1.59 bits per heavy atom. The fraction of sp³-hybridized carbons (Fsp3) is 0.312. The first-order chi connectivity index (χ1) is 8.09. The molecule has 1 aromatic heterocycles. The first-order valence-electron chi connectivity index (χ1n) is 6.14. The van der Waals surface area contributed by atoms with Crippen LogP contribution in [0.1, 0.15) is 33.4 Å². The first-order valence-corrected chi connectivity index (χ1v) is 6.14. The summed E-state index contributed by atoms with van der Waals surface area (Å²) < 4.78 is 0. The van der Waals surface area contributed by atoms with Gasteiger partial charge in [-0.2, -0.15) is 0 Å². The number of rotatable bonds is 0. The Morgan fingerprint density at radius 1 is 0.882 bits per heavy atom. The second kappa shape index (κ2) is 3.43. The molecule has 0 fully saturated rings. The van der Waals surface area contributed by atoms with Crippen molar-refractivity contribution in [1.29, 1.82) is 0 Å². The molecular weight excluding hydrogens is 206 g/mol. The van der Waals surface area contributed by atoms with Crippen LogP contribution in [0.3, 0.4) is 0 Å². The van der Waals surface area contributed by atoms with E-state index in [-0.39, 0.29) is 0 Å². The summed E-state index contributed by atoms with van der Waals surface area (Å²) >= 11 is 0. The maximum atomic E-state index is 4.66. The number of fused-ring (bicyclic) bond motifs is 3. The third-order valence-electron chi connectivity index (χ3n) is 4.06. The molecule has 1 aliphatic rings. The zero-order valence-corrected chi connectivity index (χ0v) is 10.9. The van der Waals surface area contributed by atoms with Gasteiger partial charge in [0.05, 0.1) is 5.69 Å². The number of aromatic nitrogens is 1. The maximum absolute atomic E-state index is 4.66. The molecule has 2 aromatic rings. The van der Waals surface area contributed by atoms with Gasteiger partial charge < -0.3 is 0 Å². The van der Waals surface area contributed by atoms with Crippen LogP contribution in [0.2, 0.25) is 0 Å². The third-order valence-corrected chi connectivity index (χ3v) is 4.06.